The summed E-state index contributed by atoms with van der Waals surface area (Å²) in [7, 11) is 0. The predicted octanol–water partition coefficient (Wildman–Crippen LogP) is 7.33. The van der Waals surface area contributed by atoms with Crippen LogP contribution in [0.5, 0.6) is 0 Å². The van der Waals surface area contributed by atoms with Gasteiger partial charge in [-0.15, -0.1) is 0 Å². The molecule has 2 unspecified atom stereocenters. The minimum absolute atomic E-state index is 0.0942. The van der Waals surface area contributed by atoms with Gasteiger partial charge in [-0.3, -0.25) is 19.2 Å². The first-order valence-electron chi connectivity index (χ1n) is 16.0. The van der Waals surface area contributed by atoms with Crippen molar-refractivity contribution in [2.45, 2.75) is 132 Å². The fourth-order valence-corrected chi connectivity index (χ4v) is 11.1. The molecule has 0 spiro atoms. The Morgan fingerprint density at radius 1 is 0.902 bits per heavy atom. The monoisotopic (exact) mass is 568 g/mol. The lowest BCUT2D eigenvalue weighted by molar-refractivity contribution is -0.211. The van der Waals surface area contributed by atoms with Crippen LogP contribution in [0.2, 0.25) is 0 Å². The first-order chi connectivity index (χ1) is 18.8. The van der Waals surface area contributed by atoms with Gasteiger partial charge in [-0.2, -0.15) is 0 Å². The number of carbonyl (C=O) groups is 4. The maximum Gasteiger partial charge on any atom is 0.306 e. The Morgan fingerprint density at radius 2 is 1.56 bits per heavy atom. The molecule has 4 fully saturated rings. The third kappa shape index (κ3) is 4.31. The topological polar surface area (TPSA) is 97.7 Å². The molecule has 0 aliphatic heterocycles. The second kappa shape index (κ2) is 9.51. The van der Waals surface area contributed by atoms with Crippen molar-refractivity contribution in [1.29, 1.82) is 0 Å². The first kappa shape index (κ1) is 30.5. The van der Waals surface area contributed by atoms with Crippen LogP contribution in [0.15, 0.2) is 11.6 Å². The molecule has 0 heterocycles. The van der Waals surface area contributed by atoms with Gasteiger partial charge < -0.3 is 9.84 Å². The van der Waals surface area contributed by atoms with Crippen molar-refractivity contribution in [3.63, 3.8) is 0 Å². The highest BCUT2D eigenvalue weighted by Crippen LogP contribution is 2.75. The van der Waals surface area contributed by atoms with Crippen LogP contribution in [0, 0.1) is 50.2 Å². The highest BCUT2D eigenvalue weighted by molar-refractivity contribution is 5.95. The minimum atomic E-state index is -0.997. The lowest BCUT2D eigenvalue weighted by atomic mass is 9.33. The summed E-state index contributed by atoms with van der Waals surface area (Å²) in [5, 5.41) is 8.99. The van der Waals surface area contributed by atoms with Crippen molar-refractivity contribution in [3.05, 3.63) is 11.6 Å². The van der Waals surface area contributed by atoms with Gasteiger partial charge in [0.05, 0.1) is 12.8 Å². The zero-order chi connectivity index (χ0) is 30.4. The Hall–Kier alpha value is -1.98. The van der Waals surface area contributed by atoms with E-state index in [1.807, 2.05) is 0 Å². The van der Waals surface area contributed by atoms with E-state index in [4.69, 9.17) is 9.84 Å². The molecule has 0 aromatic carbocycles. The van der Waals surface area contributed by atoms with Gasteiger partial charge in [0.1, 0.15) is 11.9 Å². The Kier molecular flexibility index (Phi) is 7.07. The summed E-state index contributed by atoms with van der Waals surface area (Å²) in [4.78, 5) is 50.8. The molecule has 0 aromatic heterocycles. The second-order valence-electron chi connectivity index (χ2n) is 16.5. The zero-order valence-corrected chi connectivity index (χ0v) is 26.7. The molecule has 228 valence electrons. The average Bonchev–Trinajstić information content (AvgIpc) is 2.86. The van der Waals surface area contributed by atoms with E-state index in [-0.39, 0.29) is 80.8 Å². The van der Waals surface area contributed by atoms with Crippen molar-refractivity contribution in [3.8, 4) is 0 Å². The SMILES string of the molecule is CC(=O)C1(C)CC[C@@]2(C)CC[C@@]3(C)C(=CC(=O)[C@@H]4[C@]3(C)CCC3C(C)(C)[C@H](OC(=O)CCC(=O)O)CC[C@]34C)[C@H]2C1. The van der Waals surface area contributed by atoms with Crippen molar-refractivity contribution < 1.29 is 29.0 Å². The van der Waals surface area contributed by atoms with Crippen LogP contribution < -0.4 is 0 Å². The molecule has 5 rings (SSSR count). The van der Waals surface area contributed by atoms with E-state index in [9.17, 15) is 19.2 Å². The van der Waals surface area contributed by atoms with Gasteiger partial charge in [0, 0.05) is 16.7 Å². The summed E-state index contributed by atoms with van der Waals surface area (Å²) in [5.74, 6) is -0.535. The Morgan fingerprint density at radius 3 is 2.20 bits per heavy atom. The molecule has 4 saturated carbocycles. The molecule has 0 amide bonds. The van der Waals surface area contributed by atoms with E-state index in [0.717, 1.165) is 51.4 Å². The number of Topliss-reactive ketones (excluding diaryl/α,β-unsaturated/α-hetero) is 1. The number of fused-ring (bicyclic) bond motifs is 7. The van der Waals surface area contributed by atoms with Gasteiger partial charge in [-0.05, 0) is 104 Å². The quantitative estimate of drug-likeness (QED) is 0.349. The van der Waals surface area contributed by atoms with Crippen LogP contribution in [0.25, 0.3) is 0 Å². The number of carboxylic acids is 1. The zero-order valence-electron chi connectivity index (χ0n) is 26.7. The molecule has 0 bridgehead atoms. The summed E-state index contributed by atoms with van der Waals surface area (Å²) in [5.41, 5.74) is 0.326. The third-order valence-electron chi connectivity index (χ3n) is 14.2. The number of carboxylic acid groups (broad SMARTS) is 1. The number of hydrogen-bond donors (Lipinski definition) is 1. The van der Waals surface area contributed by atoms with Crippen LogP contribution in [0.1, 0.15) is 126 Å². The van der Waals surface area contributed by atoms with Crippen LogP contribution in [0.4, 0.5) is 0 Å². The summed E-state index contributed by atoms with van der Waals surface area (Å²) < 4.78 is 5.93. The normalized spacial score (nSPS) is 46.6. The van der Waals surface area contributed by atoms with Crippen molar-refractivity contribution in [1.82, 2.24) is 0 Å². The van der Waals surface area contributed by atoms with Gasteiger partial charge in [0.2, 0.25) is 0 Å². The molecule has 0 saturated heterocycles. The lowest BCUT2D eigenvalue weighted by Gasteiger charge is -2.70. The molecule has 5 aliphatic rings. The average molecular weight is 569 g/mol. The highest BCUT2D eigenvalue weighted by Gasteiger charge is 2.70. The number of carbonyl (C=O) groups excluding carboxylic acids is 3. The summed E-state index contributed by atoms with van der Waals surface area (Å²) in [6.07, 6.45) is 9.89. The van der Waals surface area contributed by atoms with Crippen molar-refractivity contribution >= 4 is 23.5 Å². The first-order valence-corrected chi connectivity index (χ1v) is 16.0. The number of rotatable bonds is 5. The van der Waals surface area contributed by atoms with E-state index in [2.05, 4.69) is 54.5 Å². The molecule has 6 nitrogen and oxygen atoms in total. The minimum Gasteiger partial charge on any atom is -0.481 e. The Labute approximate surface area is 246 Å². The van der Waals surface area contributed by atoms with E-state index < -0.39 is 11.9 Å². The van der Waals surface area contributed by atoms with Crippen LogP contribution >= 0.6 is 0 Å². The number of allylic oxidation sites excluding steroid dienone is 2. The maximum atomic E-state index is 14.5. The largest absolute Gasteiger partial charge is 0.481 e. The molecule has 0 radical (unpaired) electrons. The number of aliphatic carboxylic acids is 1. The van der Waals surface area contributed by atoms with E-state index in [0.29, 0.717) is 6.42 Å². The predicted molar refractivity (Wildman–Crippen MR) is 157 cm³/mol. The van der Waals surface area contributed by atoms with Crippen LogP contribution in [-0.4, -0.2) is 34.7 Å². The Balaban J connectivity index is 1.49. The summed E-state index contributed by atoms with van der Waals surface area (Å²) in [6, 6.07) is 0. The standard InChI is InChI=1S/C35H52O6/c1-21(36)32(5)16-15-31(4)17-18-34(7)22(23(31)20-32)19-24(37)29-33(6)13-12-26(41-28(40)10-9-27(38)39)30(2,3)25(33)11-14-35(29,34)8/h19,23,25-26,29H,9-18,20H2,1-8H3,(H,38,39)/t23-,25?,26-,29+,31+,32?,33-,34+,35+/m1/s1. The molecule has 9 atom stereocenters. The molecular formula is C35H52O6. The van der Waals surface area contributed by atoms with E-state index in [1.54, 1.807) is 6.92 Å². The maximum absolute atomic E-state index is 14.5. The van der Waals surface area contributed by atoms with E-state index in [1.165, 1.54) is 5.57 Å². The fourth-order valence-electron chi connectivity index (χ4n) is 11.1. The van der Waals surface area contributed by atoms with Gasteiger partial charge >= 0.3 is 11.9 Å². The highest BCUT2D eigenvalue weighted by atomic mass is 16.5. The third-order valence-corrected chi connectivity index (χ3v) is 14.2. The van der Waals surface area contributed by atoms with Crippen molar-refractivity contribution in [2.24, 2.45) is 50.2 Å². The van der Waals surface area contributed by atoms with Crippen LogP contribution in [-0.2, 0) is 23.9 Å². The van der Waals surface area contributed by atoms with Gasteiger partial charge in [0.25, 0.3) is 0 Å². The smallest absolute Gasteiger partial charge is 0.306 e. The number of esters is 1. The van der Waals surface area contributed by atoms with Crippen molar-refractivity contribution in [2.75, 3.05) is 0 Å². The van der Waals surface area contributed by atoms with E-state index >= 15 is 0 Å². The molecule has 5 aliphatic carbocycles. The number of ether oxygens (including phenoxy) is 1. The molecular weight excluding hydrogens is 516 g/mol. The lowest BCUT2D eigenvalue weighted by Crippen LogP contribution is -2.66. The second-order valence-corrected chi connectivity index (χ2v) is 16.5. The van der Waals surface area contributed by atoms with Gasteiger partial charge in [-0.25, -0.2) is 0 Å². The number of ketones is 2. The van der Waals surface area contributed by atoms with Gasteiger partial charge in [-0.1, -0.05) is 54.0 Å². The fraction of sp³-hybridized carbons (Fsp3) is 0.829. The molecule has 0 aromatic rings. The summed E-state index contributed by atoms with van der Waals surface area (Å²) in [6.45, 7) is 17.8. The molecule has 6 heteroatoms. The molecule has 41 heavy (non-hydrogen) atoms. The summed E-state index contributed by atoms with van der Waals surface area (Å²) >= 11 is 0. The van der Waals surface area contributed by atoms with Gasteiger partial charge in [0.15, 0.2) is 5.78 Å². The number of hydrogen-bond acceptors (Lipinski definition) is 5. The van der Waals surface area contributed by atoms with Crippen LogP contribution in [0.3, 0.4) is 0 Å². The molecule has 1 N–H and O–H groups in total. The Bertz CT molecular complexity index is 1200.